The summed E-state index contributed by atoms with van der Waals surface area (Å²) >= 11 is 5.41. The number of aromatic nitrogens is 1. The minimum Gasteiger partial charge on any atom is -0.481 e. The molecule has 20 heavy (non-hydrogen) atoms. The van der Waals surface area contributed by atoms with Gasteiger partial charge in [0.25, 0.3) is 0 Å². The Bertz CT molecular complexity index is 527. The Kier molecular flexibility index (Phi) is 6.01. The highest BCUT2D eigenvalue weighted by Gasteiger charge is 2.16. The van der Waals surface area contributed by atoms with Gasteiger partial charge in [-0.05, 0) is 52.3 Å². The average Bonchev–Trinajstić information content (AvgIpc) is 2.90. The maximum atomic E-state index is 5.10. The van der Waals surface area contributed by atoms with Crippen molar-refractivity contribution in [1.29, 1.82) is 0 Å². The van der Waals surface area contributed by atoms with Crippen LogP contribution in [0.3, 0.4) is 0 Å². The number of hydrogen-bond acceptors (Lipinski definition) is 4. The summed E-state index contributed by atoms with van der Waals surface area (Å²) in [6.07, 6.45) is 3.94. The Hall–Kier alpha value is -0.910. The molecule has 108 valence electrons. The number of thiophene rings is 1. The Morgan fingerprint density at radius 3 is 2.80 bits per heavy atom. The molecule has 2 aromatic rings. The van der Waals surface area contributed by atoms with Crippen LogP contribution in [0.4, 0.5) is 0 Å². The van der Waals surface area contributed by atoms with Crippen molar-refractivity contribution in [2.75, 3.05) is 13.7 Å². The van der Waals surface area contributed by atoms with Crippen LogP contribution in [0, 0.1) is 0 Å². The molecule has 2 heterocycles. The van der Waals surface area contributed by atoms with E-state index in [0.29, 0.717) is 11.9 Å². The van der Waals surface area contributed by atoms with Crippen molar-refractivity contribution in [3.63, 3.8) is 0 Å². The van der Waals surface area contributed by atoms with Crippen LogP contribution in [0.15, 0.2) is 34.2 Å². The molecule has 2 rings (SSSR count). The second-order valence-corrected chi connectivity index (χ2v) is 6.35. The minimum absolute atomic E-state index is 0.319. The van der Waals surface area contributed by atoms with Crippen LogP contribution in [0.2, 0.25) is 0 Å². The molecule has 0 saturated heterocycles. The van der Waals surface area contributed by atoms with Gasteiger partial charge in [-0.2, -0.15) is 0 Å². The zero-order valence-electron chi connectivity index (χ0n) is 11.7. The summed E-state index contributed by atoms with van der Waals surface area (Å²) in [6.45, 7) is 3.20. The van der Waals surface area contributed by atoms with Gasteiger partial charge in [-0.25, -0.2) is 4.98 Å². The lowest BCUT2D eigenvalue weighted by Gasteiger charge is -2.18. The van der Waals surface area contributed by atoms with E-state index < -0.39 is 0 Å². The smallest absolute Gasteiger partial charge is 0.212 e. The maximum Gasteiger partial charge on any atom is 0.212 e. The number of pyridine rings is 1. The zero-order chi connectivity index (χ0) is 14.4. The van der Waals surface area contributed by atoms with E-state index in [1.807, 2.05) is 12.3 Å². The lowest BCUT2D eigenvalue weighted by Crippen LogP contribution is -2.23. The van der Waals surface area contributed by atoms with Crippen molar-refractivity contribution in [1.82, 2.24) is 10.3 Å². The SMILES string of the molecule is CCCNC(Cc1ccc(OC)nc1)c1sccc1Br. The van der Waals surface area contributed by atoms with Gasteiger partial charge < -0.3 is 10.1 Å². The van der Waals surface area contributed by atoms with E-state index in [2.05, 4.69) is 50.7 Å². The van der Waals surface area contributed by atoms with E-state index in [4.69, 9.17) is 4.74 Å². The monoisotopic (exact) mass is 354 g/mol. The van der Waals surface area contributed by atoms with Gasteiger partial charge in [0.2, 0.25) is 5.88 Å². The number of ether oxygens (including phenoxy) is 1. The van der Waals surface area contributed by atoms with E-state index in [0.717, 1.165) is 19.4 Å². The van der Waals surface area contributed by atoms with Crippen LogP contribution in [-0.2, 0) is 6.42 Å². The summed E-state index contributed by atoms with van der Waals surface area (Å²) in [5.41, 5.74) is 1.21. The second kappa shape index (κ2) is 7.76. The highest BCUT2D eigenvalue weighted by Crippen LogP contribution is 2.31. The first-order chi connectivity index (χ1) is 9.74. The molecule has 0 spiro atoms. The van der Waals surface area contributed by atoms with E-state index in [-0.39, 0.29) is 0 Å². The van der Waals surface area contributed by atoms with Crippen molar-refractivity contribution in [2.45, 2.75) is 25.8 Å². The fraction of sp³-hybridized carbons (Fsp3) is 0.400. The van der Waals surface area contributed by atoms with Crippen molar-refractivity contribution in [2.24, 2.45) is 0 Å². The standard InChI is InChI=1S/C15H19BrN2OS/c1-3-7-17-13(15-12(16)6-8-20-15)9-11-4-5-14(19-2)18-10-11/h4-6,8,10,13,17H,3,7,9H2,1-2H3. The lowest BCUT2D eigenvalue weighted by atomic mass is 10.1. The van der Waals surface area contributed by atoms with Gasteiger partial charge in [-0.15, -0.1) is 11.3 Å². The average molecular weight is 355 g/mol. The van der Waals surface area contributed by atoms with Crippen molar-refractivity contribution in [3.8, 4) is 5.88 Å². The van der Waals surface area contributed by atoms with Gasteiger partial charge in [0.15, 0.2) is 0 Å². The first-order valence-corrected chi connectivity index (χ1v) is 8.37. The van der Waals surface area contributed by atoms with Crippen LogP contribution in [-0.4, -0.2) is 18.6 Å². The zero-order valence-corrected chi connectivity index (χ0v) is 14.1. The summed E-state index contributed by atoms with van der Waals surface area (Å²) in [6, 6.07) is 6.41. The molecule has 0 aliphatic rings. The molecule has 1 atom stereocenters. The molecule has 0 aliphatic heterocycles. The molecule has 1 N–H and O–H groups in total. The Labute approximate surface area is 132 Å². The molecule has 0 bridgehead atoms. The third kappa shape index (κ3) is 4.04. The van der Waals surface area contributed by atoms with E-state index in [1.54, 1.807) is 18.4 Å². The third-order valence-electron chi connectivity index (χ3n) is 3.05. The predicted octanol–water partition coefficient (Wildman–Crippen LogP) is 4.20. The van der Waals surface area contributed by atoms with E-state index >= 15 is 0 Å². The summed E-state index contributed by atoms with van der Waals surface area (Å²) in [5, 5.41) is 5.73. The van der Waals surface area contributed by atoms with Crippen LogP contribution in [0.1, 0.15) is 29.8 Å². The number of halogens is 1. The second-order valence-electron chi connectivity index (χ2n) is 4.55. The molecule has 0 fully saturated rings. The fourth-order valence-electron chi connectivity index (χ4n) is 2.02. The molecule has 0 aliphatic carbocycles. The summed E-state index contributed by atoms with van der Waals surface area (Å²) < 4.78 is 6.28. The molecule has 0 aromatic carbocycles. The van der Waals surface area contributed by atoms with Crippen LogP contribution < -0.4 is 10.1 Å². The highest BCUT2D eigenvalue weighted by molar-refractivity contribution is 9.10. The number of nitrogens with zero attached hydrogens (tertiary/aromatic N) is 1. The van der Waals surface area contributed by atoms with E-state index in [9.17, 15) is 0 Å². The largest absolute Gasteiger partial charge is 0.481 e. The Morgan fingerprint density at radius 1 is 1.40 bits per heavy atom. The first kappa shape index (κ1) is 15.5. The van der Waals surface area contributed by atoms with Gasteiger partial charge in [-0.1, -0.05) is 13.0 Å². The maximum absolute atomic E-state index is 5.10. The first-order valence-electron chi connectivity index (χ1n) is 6.69. The van der Waals surface area contributed by atoms with Gasteiger partial charge in [0.05, 0.1) is 7.11 Å². The molecule has 0 saturated carbocycles. The third-order valence-corrected chi connectivity index (χ3v) is 5.03. The molecule has 2 aromatic heterocycles. The molecule has 1 unspecified atom stereocenters. The Morgan fingerprint density at radius 2 is 2.25 bits per heavy atom. The van der Waals surface area contributed by atoms with Gasteiger partial charge in [0.1, 0.15) is 0 Å². The summed E-state index contributed by atoms with van der Waals surface area (Å²) in [4.78, 5) is 5.62. The molecular formula is C15H19BrN2OS. The summed E-state index contributed by atoms with van der Waals surface area (Å²) in [7, 11) is 1.64. The Balaban J connectivity index is 2.12. The number of methoxy groups -OCH3 is 1. The van der Waals surface area contributed by atoms with Gasteiger partial charge >= 0.3 is 0 Å². The van der Waals surface area contributed by atoms with Crippen LogP contribution in [0.5, 0.6) is 5.88 Å². The molecule has 0 radical (unpaired) electrons. The molecule has 3 nitrogen and oxygen atoms in total. The van der Waals surface area contributed by atoms with Gasteiger partial charge in [0, 0.05) is 27.7 Å². The molecule has 5 heteroatoms. The predicted molar refractivity (Wildman–Crippen MR) is 87.5 cm³/mol. The number of hydrogen-bond donors (Lipinski definition) is 1. The minimum atomic E-state index is 0.319. The van der Waals surface area contributed by atoms with Crippen molar-refractivity contribution >= 4 is 27.3 Å². The highest BCUT2D eigenvalue weighted by atomic mass is 79.9. The lowest BCUT2D eigenvalue weighted by molar-refractivity contribution is 0.397. The number of nitrogens with one attached hydrogen (secondary N) is 1. The van der Waals surface area contributed by atoms with Crippen LogP contribution >= 0.6 is 27.3 Å². The van der Waals surface area contributed by atoms with Crippen molar-refractivity contribution in [3.05, 3.63) is 44.7 Å². The fourth-order valence-corrected chi connectivity index (χ4v) is 3.74. The van der Waals surface area contributed by atoms with Crippen molar-refractivity contribution < 1.29 is 4.74 Å². The normalized spacial score (nSPS) is 12.3. The molecular weight excluding hydrogens is 336 g/mol. The number of rotatable bonds is 7. The van der Waals surface area contributed by atoms with E-state index in [1.165, 1.54) is 14.9 Å². The van der Waals surface area contributed by atoms with Crippen LogP contribution in [0.25, 0.3) is 0 Å². The topological polar surface area (TPSA) is 34.1 Å². The quantitative estimate of drug-likeness (QED) is 0.808. The van der Waals surface area contributed by atoms with Gasteiger partial charge in [-0.3, -0.25) is 0 Å². The summed E-state index contributed by atoms with van der Waals surface area (Å²) in [5.74, 6) is 0.657. The molecule has 0 amide bonds.